The van der Waals surface area contributed by atoms with Crippen molar-refractivity contribution in [1.29, 1.82) is 0 Å². The number of nitrogens with one attached hydrogen (secondary N) is 1. The number of amides is 1. The van der Waals surface area contributed by atoms with Gasteiger partial charge in [-0.3, -0.25) is 9.69 Å². The Labute approximate surface area is 180 Å². The summed E-state index contributed by atoms with van der Waals surface area (Å²) in [5, 5.41) is 10.9. The van der Waals surface area contributed by atoms with Crippen LogP contribution in [0.1, 0.15) is 23.4 Å². The zero-order chi connectivity index (χ0) is 20.8. The summed E-state index contributed by atoms with van der Waals surface area (Å²) in [5.41, 5.74) is 3.35. The predicted molar refractivity (Wildman–Crippen MR) is 117 cm³/mol. The molecule has 0 saturated carbocycles. The Morgan fingerprint density at radius 2 is 2.03 bits per heavy atom. The number of benzene rings is 1. The van der Waals surface area contributed by atoms with Gasteiger partial charge in [-0.05, 0) is 29.6 Å². The van der Waals surface area contributed by atoms with Crippen LogP contribution >= 0.6 is 11.3 Å². The molecular formula is C22H27N5O2S. The van der Waals surface area contributed by atoms with E-state index in [1.807, 2.05) is 16.8 Å². The molecule has 0 bridgehead atoms. The lowest BCUT2D eigenvalue weighted by atomic mass is 10.1. The number of piperazine rings is 1. The summed E-state index contributed by atoms with van der Waals surface area (Å²) in [7, 11) is 2.17. The summed E-state index contributed by atoms with van der Waals surface area (Å²) in [6, 6.07) is 10.4. The van der Waals surface area contributed by atoms with Crippen LogP contribution in [0.15, 0.2) is 45.6 Å². The number of hydrogen-bond donors (Lipinski definition) is 1. The second kappa shape index (κ2) is 9.97. The van der Waals surface area contributed by atoms with E-state index in [9.17, 15) is 4.79 Å². The van der Waals surface area contributed by atoms with E-state index in [2.05, 4.69) is 56.6 Å². The summed E-state index contributed by atoms with van der Waals surface area (Å²) >= 11 is 1.59. The van der Waals surface area contributed by atoms with Crippen molar-refractivity contribution in [2.75, 3.05) is 33.2 Å². The average molecular weight is 426 g/mol. The maximum atomic E-state index is 12.2. The van der Waals surface area contributed by atoms with Crippen LogP contribution in [0.4, 0.5) is 0 Å². The number of aryl methyl sites for hydroxylation is 1. The molecule has 1 saturated heterocycles. The van der Waals surface area contributed by atoms with Gasteiger partial charge in [-0.1, -0.05) is 29.4 Å². The van der Waals surface area contributed by atoms with Crippen molar-refractivity contribution in [3.8, 4) is 11.4 Å². The van der Waals surface area contributed by atoms with Gasteiger partial charge in [0, 0.05) is 63.1 Å². The fourth-order valence-corrected chi connectivity index (χ4v) is 4.11. The molecule has 8 heteroatoms. The summed E-state index contributed by atoms with van der Waals surface area (Å²) in [6.45, 7) is 5.91. The minimum absolute atomic E-state index is 0.0187. The highest BCUT2D eigenvalue weighted by Crippen LogP contribution is 2.19. The van der Waals surface area contributed by atoms with Crippen LogP contribution in [-0.2, 0) is 24.3 Å². The highest BCUT2D eigenvalue weighted by molar-refractivity contribution is 7.08. The summed E-state index contributed by atoms with van der Waals surface area (Å²) < 4.78 is 5.25. The molecule has 1 amide bonds. The van der Waals surface area contributed by atoms with Gasteiger partial charge in [0.15, 0.2) is 0 Å². The van der Waals surface area contributed by atoms with Gasteiger partial charge < -0.3 is 14.7 Å². The molecule has 3 aromatic rings. The molecule has 7 nitrogen and oxygen atoms in total. The molecule has 0 radical (unpaired) electrons. The summed E-state index contributed by atoms with van der Waals surface area (Å²) in [5.74, 6) is 1.04. The van der Waals surface area contributed by atoms with Gasteiger partial charge in [0.25, 0.3) is 0 Å². The molecule has 0 aliphatic carbocycles. The molecule has 0 spiro atoms. The first kappa shape index (κ1) is 20.7. The van der Waals surface area contributed by atoms with Gasteiger partial charge in [-0.15, -0.1) is 0 Å². The number of aromatic nitrogens is 2. The van der Waals surface area contributed by atoms with Crippen molar-refractivity contribution in [1.82, 2.24) is 25.3 Å². The number of hydrogen-bond acceptors (Lipinski definition) is 7. The maximum absolute atomic E-state index is 12.2. The smallest absolute Gasteiger partial charge is 0.227 e. The third-order valence-electron chi connectivity index (χ3n) is 5.30. The van der Waals surface area contributed by atoms with Gasteiger partial charge in [-0.25, -0.2) is 0 Å². The van der Waals surface area contributed by atoms with Crippen molar-refractivity contribution < 1.29 is 9.32 Å². The lowest BCUT2D eigenvalue weighted by molar-refractivity contribution is -0.121. The van der Waals surface area contributed by atoms with Crippen molar-refractivity contribution in [3.05, 3.63) is 58.1 Å². The normalized spacial score (nSPS) is 15.4. The van der Waals surface area contributed by atoms with Crippen LogP contribution in [0.25, 0.3) is 11.4 Å². The number of nitrogens with zero attached hydrogens (tertiary/aromatic N) is 4. The molecule has 1 aliphatic heterocycles. The van der Waals surface area contributed by atoms with E-state index in [-0.39, 0.29) is 5.91 Å². The average Bonchev–Trinajstić information content (AvgIpc) is 3.45. The minimum Gasteiger partial charge on any atom is -0.352 e. The molecule has 4 rings (SSSR count). The summed E-state index contributed by atoms with van der Waals surface area (Å²) in [6.07, 6.45) is 0.763. The molecule has 1 aliphatic rings. The van der Waals surface area contributed by atoms with E-state index < -0.39 is 0 Å². The van der Waals surface area contributed by atoms with Crippen molar-refractivity contribution in [2.24, 2.45) is 0 Å². The predicted octanol–water partition coefficient (Wildman–Crippen LogP) is 2.79. The third kappa shape index (κ3) is 5.75. The monoisotopic (exact) mass is 425 g/mol. The van der Waals surface area contributed by atoms with Crippen LogP contribution in [0.3, 0.4) is 0 Å². The molecule has 3 heterocycles. The van der Waals surface area contributed by atoms with Crippen molar-refractivity contribution in [3.63, 3.8) is 0 Å². The van der Waals surface area contributed by atoms with E-state index in [1.54, 1.807) is 11.3 Å². The molecule has 1 aromatic carbocycles. The third-order valence-corrected chi connectivity index (χ3v) is 5.98. The van der Waals surface area contributed by atoms with E-state index in [0.717, 1.165) is 43.9 Å². The Morgan fingerprint density at radius 1 is 1.20 bits per heavy atom. The second-order valence-electron chi connectivity index (χ2n) is 7.70. The molecule has 158 valence electrons. The number of thiophene rings is 1. The first-order valence-corrected chi connectivity index (χ1v) is 11.2. The number of likely N-dealkylation sites (N-methyl/N-ethyl adjacent to an activating group) is 1. The molecule has 1 N–H and O–H groups in total. The Bertz CT molecular complexity index is 948. The Hall–Kier alpha value is -2.55. The van der Waals surface area contributed by atoms with Crippen LogP contribution < -0.4 is 5.32 Å². The van der Waals surface area contributed by atoms with Gasteiger partial charge >= 0.3 is 0 Å². The van der Waals surface area contributed by atoms with Crippen LogP contribution in [0.5, 0.6) is 0 Å². The van der Waals surface area contributed by atoms with Crippen molar-refractivity contribution in [2.45, 2.75) is 25.9 Å². The van der Waals surface area contributed by atoms with Gasteiger partial charge in [-0.2, -0.15) is 16.3 Å². The summed E-state index contributed by atoms with van der Waals surface area (Å²) in [4.78, 5) is 21.4. The number of carbonyl (C=O) groups excluding carboxylic acids is 1. The zero-order valence-corrected chi connectivity index (χ0v) is 18.0. The molecule has 0 unspecified atom stereocenters. The number of carbonyl (C=O) groups is 1. The minimum atomic E-state index is -0.0187. The quantitative estimate of drug-likeness (QED) is 0.598. The Morgan fingerprint density at radius 3 is 2.83 bits per heavy atom. The molecule has 0 atom stereocenters. The molecule has 1 fully saturated rings. The van der Waals surface area contributed by atoms with Gasteiger partial charge in [0.1, 0.15) is 0 Å². The Kier molecular flexibility index (Phi) is 6.88. The van der Waals surface area contributed by atoms with E-state index >= 15 is 0 Å². The van der Waals surface area contributed by atoms with Gasteiger partial charge in [0.2, 0.25) is 17.6 Å². The highest BCUT2D eigenvalue weighted by Gasteiger charge is 2.14. The largest absolute Gasteiger partial charge is 0.352 e. The van der Waals surface area contributed by atoms with Crippen molar-refractivity contribution >= 4 is 17.2 Å². The first-order chi connectivity index (χ1) is 14.7. The molecular weight excluding hydrogens is 398 g/mol. The van der Waals surface area contributed by atoms with E-state index in [4.69, 9.17) is 4.52 Å². The fraction of sp³-hybridized carbons (Fsp3) is 0.409. The lowest BCUT2D eigenvalue weighted by Crippen LogP contribution is -2.43. The maximum Gasteiger partial charge on any atom is 0.227 e. The zero-order valence-electron chi connectivity index (χ0n) is 17.2. The molecule has 30 heavy (non-hydrogen) atoms. The van der Waals surface area contributed by atoms with E-state index in [0.29, 0.717) is 31.1 Å². The SMILES string of the molecule is CN1CCN(Cc2cccc(CNC(=O)CCc3nc(-c4ccsc4)no3)c2)CC1. The standard InChI is InChI=1S/C22H27N5O2S/c1-26-8-10-27(11-9-26)15-18-4-2-3-17(13-18)14-23-20(28)5-6-21-24-22(25-29-21)19-7-12-30-16-19/h2-4,7,12-13,16H,5-6,8-11,14-15H2,1H3,(H,23,28). The molecule has 2 aromatic heterocycles. The highest BCUT2D eigenvalue weighted by atomic mass is 32.1. The number of rotatable bonds is 8. The second-order valence-corrected chi connectivity index (χ2v) is 8.48. The Balaban J connectivity index is 1.22. The van der Waals surface area contributed by atoms with Crippen LogP contribution in [-0.4, -0.2) is 59.1 Å². The van der Waals surface area contributed by atoms with Gasteiger partial charge in [0.05, 0.1) is 0 Å². The van der Waals surface area contributed by atoms with E-state index in [1.165, 1.54) is 5.56 Å². The first-order valence-electron chi connectivity index (χ1n) is 10.3. The van der Waals surface area contributed by atoms with Crippen LogP contribution in [0.2, 0.25) is 0 Å². The van der Waals surface area contributed by atoms with Crippen LogP contribution in [0, 0.1) is 0 Å². The topological polar surface area (TPSA) is 74.5 Å². The lowest BCUT2D eigenvalue weighted by Gasteiger charge is -2.32. The fourth-order valence-electron chi connectivity index (χ4n) is 3.48.